The van der Waals surface area contributed by atoms with Gasteiger partial charge in [0, 0.05) is 37.5 Å². The maximum Gasteiger partial charge on any atom is 0.254 e. The molecule has 0 atom stereocenters. The first-order chi connectivity index (χ1) is 16.4. The Morgan fingerprint density at radius 2 is 1.71 bits per heavy atom. The molecule has 0 radical (unpaired) electrons. The van der Waals surface area contributed by atoms with Gasteiger partial charge in [-0.05, 0) is 43.9 Å². The van der Waals surface area contributed by atoms with E-state index in [9.17, 15) is 18.0 Å². The van der Waals surface area contributed by atoms with Crippen molar-refractivity contribution in [1.29, 1.82) is 0 Å². The Morgan fingerprint density at radius 1 is 1.03 bits per heavy atom. The molecule has 4 rings (SSSR count). The van der Waals surface area contributed by atoms with E-state index in [0.717, 1.165) is 50.1 Å². The number of ether oxygens (including phenoxy) is 1. The molecule has 8 nitrogen and oxygen atoms in total. The van der Waals surface area contributed by atoms with Gasteiger partial charge in [-0.3, -0.25) is 9.59 Å². The van der Waals surface area contributed by atoms with Gasteiger partial charge in [0.25, 0.3) is 15.9 Å². The third-order valence-electron chi connectivity index (χ3n) is 6.50. The van der Waals surface area contributed by atoms with E-state index in [1.54, 1.807) is 24.6 Å². The number of para-hydroxylation sites is 2. The zero-order valence-electron chi connectivity index (χ0n) is 19.4. The quantitative estimate of drug-likeness (QED) is 0.644. The number of anilines is 1. The van der Waals surface area contributed by atoms with Crippen LogP contribution in [0.4, 0.5) is 5.69 Å². The fraction of sp³-hybridized carbons (Fsp3) is 0.500. The second-order valence-corrected chi connectivity index (χ2v) is 11.8. The van der Waals surface area contributed by atoms with Crippen LogP contribution in [0, 0.1) is 5.92 Å². The van der Waals surface area contributed by atoms with E-state index in [4.69, 9.17) is 4.74 Å². The SMILES string of the molecule is COc1ccccc1NC(=O)C1CCN(S(=O)(=O)c2cc(C(=O)N3CCCCCC3)cs2)CC1. The van der Waals surface area contributed by atoms with Crippen molar-refractivity contribution in [3.8, 4) is 5.75 Å². The van der Waals surface area contributed by atoms with Crippen LogP contribution in [-0.4, -0.2) is 62.7 Å². The lowest BCUT2D eigenvalue weighted by molar-refractivity contribution is -0.120. The van der Waals surface area contributed by atoms with Crippen LogP contribution >= 0.6 is 11.3 Å². The third-order valence-corrected chi connectivity index (χ3v) is 9.81. The molecule has 2 aromatic rings. The minimum Gasteiger partial charge on any atom is -0.495 e. The second kappa shape index (κ2) is 10.9. The Kier molecular flexibility index (Phi) is 7.90. The largest absolute Gasteiger partial charge is 0.495 e. The van der Waals surface area contributed by atoms with E-state index >= 15 is 0 Å². The maximum absolute atomic E-state index is 13.2. The molecule has 10 heteroatoms. The van der Waals surface area contributed by atoms with Gasteiger partial charge in [-0.2, -0.15) is 4.31 Å². The van der Waals surface area contributed by atoms with Crippen LogP contribution in [0.25, 0.3) is 0 Å². The summed E-state index contributed by atoms with van der Waals surface area (Å²) in [5.41, 5.74) is 1.04. The number of thiophene rings is 1. The number of carbonyl (C=O) groups excluding carboxylic acids is 2. The van der Waals surface area contributed by atoms with Crippen LogP contribution < -0.4 is 10.1 Å². The van der Waals surface area contributed by atoms with Crippen molar-refractivity contribution in [3.05, 3.63) is 41.3 Å². The maximum atomic E-state index is 13.2. The number of sulfonamides is 1. The van der Waals surface area contributed by atoms with Gasteiger partial charge >= 0.3 is 0 Å². The standard InChI is InChI=1S/C24H31N3O5S2/c1-32-21-9-5-4-8-20(21)25-23(28)18-10-14-27(15-11-18)34(30,31)22-16-19(17-33-22)24(29)26-12-6-2-3-7-13-26/h4-5,8-9,16-18H,2-3,6-7,10-15H2,1H3,(H,25,28). The lowest BCUT2D eigenvalue weighted by Crippen LogP contribution is -2.41. The average molecular weight is 506 g/mol. The summed E-state index contributed by atoms with van der Waals surface area (Å²) >= 11 is 1.09. The number of methoxy groups -OCH3 is 1. The summed E-state index contributed by atoms with van der Waals surface area (Å²) in [5.74, 6) is 0.0771. The molecule has 34 heavy (non-hydrogen) atoms. The van der Waals surface area contributed by atoms with E-state index in [1.165, 1.54) is 10.4 Å². The number of nitrogens with zero attached hydrogens (tertiary/aromatic N) is 2. The molecule has 1 N–H and O–H groups in total. The van der Waals surface area contributed by atoms with E-state index in [0.29, 0.717) is 29.8 Å². The molecule has 1 aromatic heterocycles. The third kappa shape index (κ3) is 5.45. The van der Waals surface area contributed by atoms with Gasteiger partial charge < -0.3 is 15.0 Å². The molecule has 0 aliphatic carbocycles. The van der Waals surface area contributed by atoms with E-state index < -0.39 is 10.0 Å². The van der Waals surface area contributed by atoms with Crippen molar-refractivity contribution in [2.45, 2.75) is 42.7 Å². The number of hydrogen-bond acceptors (Lipinski definition) is 6. The Balaban J connectivity index is 1.36. The van der Waals surface area contributed by atoms with Crippen LogP contribution in [0.15, 0.2) is 39.9 Å². The topological polar surface area (TPSA) is 96.0 Å². The Bertz CT molecular complexity index is 1120. The summed E-state index contributed by atoms with van der Waals surface area (Å²) in [6, 6.07) is 8.71. The fourth-order valence-electron chi connectivity index (χ4n) is 4.49. The van der Waals surface area contributed by atoms with Gasteiger partial charge in [-0.25, -0.2) is 8.42 Å². The lowest BCUT2D eigenvalue weighted by atomic mass is 9.97. The molecule has 3 heterocycles. The Hall–Kier alpha value is -2.43. The summed E-state index contributed by atoms with van der Waals surface area (Å²) in [6.07, 6.45) is 5.09. The highest BCUT2D eigenvalue weighted by atomic mass is 32.2. The van der Waals surface area contributed by atoms with Gasteiger partial charge in [-0.1, -0.05) is 25.0 Å². The number of piperidine rings is 1. The highest BCUT2D eigenvalue weighted by molar-refractivity contribution is 7.91. The highest BCUT2D eigenvalue weighted by Gasteiger charge is 2.33. The molecule has 184 valence electrons. The molecule has 2 amide bonds. The van der Waals surface area contributed by atoms with Crippen molar-refractivity contribution in [1.82, 2.24) is 9.21 Å². The Morgan fingerprint density at radius 3 is 2.38 bits per heavy atom. The minimum absolute atomic E-state index is 0.0914. The summed E-state index contributed by atoms with van der Waals surface area (Å²) < 4.78 is 33.3. The molecule has 0 bridgehead atoms. The van der Waals surface area contributed by atoms with Gasteiger partial charge in [0.2, 0.25) is 5.91 Å². The molecule has 2 aliphatic heterocycles. The minimum atomic E-state index is -3.70. The van der Waals surface area contributed by atoms with Gasteiger partial charge in [-0.15, -0.1) is 11.3 Å². The molecule has 0 unspecified atom stereocenters. The number of rotatable bonds is 6. The number of nitrogens with one attached hydrogen (secondary N) is 1. The average Bonchev–Trinajstić information content (AvgIpc) is 3.21. The van der Waals surface area contributed by atoms with Crippen LogP contribution in [0.5, 0.6) is 5.75 Å². The summed E-state index contributed by atoms with van der Waals surface area (Å²) in [6.45, 7) is 1.97. The van der Waals surface area contributed by atoms with Crippen molar-refractivity contribution in [3.63, 3.8) is 0 Å². The first kappa shape index (κ1) is 24.7. The molecule has 2 fully saturated rings. The second-order valence-electron chi connectivity index (χ2n) is 8.73. The van der Waals surface area contributed by atoms with Crippen molar-refractivity contribution < 1.29 is 22.7 Å². The lowest BCUT2D eigenvalue weighted by Gasteiger charge is -2.30. The van der Waals surface area contributed by atoms with Gasteiger partial charge in [0.05, 0.1) is 18.4 Å². The predicted molar refractivity (Wildman–Crippen MR) is 132 cm³/mol. The zero-order chi connectivity index (χ0) is 24.1. The van der Waals surface area contributed by atoms with Crippen molar-refractivity contribution in [2.75, 3.05) is 38.6 Å². The molecular weight excluding hydrogens is 474 g/mol. The fourth-order valence-corrected chi connectivity index (χ4v) is 7.26. The number of benzene rings is 1. The predicted octanol–water partition coefficient (Wildman–Crippen LogP) is 3.81. The molecular formula is C24H31N3O5S2. The first-order valence-corrected chi connectivity index (χ1v) is 14.0. The van der Waals surface area contributed by atoms with Crippen molar-refractivity contribution >= 4 is 38.9 Å². The van der Waals surface area contributed by atoms with E-state index in [2.05, 4.69) is 5.32 Å². The van der Waals surface area contributed by atoms with Crippen LogP contribution in [-0.2, 0) is 14.8 Å². The monoisotopic (exact) mass is 505 g/mol. The summed E-state index contributed by atoms with van der Waals surface area (Å²) in [4.78, 5) is 27.4. The number of carbonyl (C=O) groups is 2. The van der Waals surface area contributed by atoms with Crippen molar-refractivity contribution in [2.24, 2.45) is 5.92 Å². The van der Waals surface area contributed by atoms with Gasteiger partial charge in [0.1, 0.15) is 9.96 Å². The Labute approximate surface area is 204 Å². The highest BCUT2D eigenvalue weighted by Crippen LogP contribution is 2.30. The van der Waals surface area contributed by atoms with Crippen LogP contribution in [0.1, 0.15) is 48.9 Å². The molecule has 2 aliphatic rings. The van der Waals surface area contributed by atoms with Crippen LogP contribution in [0.3, 0.4) is 0 Å². The van der Waals surface area contributed by atoms with E-state index in [-0.39, 0.29) is 35.0 Å². The molecule has 0 saturated carbocycles. The smallest absolute Gasteiger partial charge is 0.254 e. The number of hydrogen-bond donors (Lipinski definition) is 1. The number of likely N-dealkylation sites (tertiary alicyclic amines) is 1. The normalized spacial score (nSPS) is 18.3. The first-order valence-electron chi connectivity index (χ1n) is 11.7. The summed E-state index contributed by atoms with van der Waals surface area (Å²) in [5, 5.41) is 4.54. The molecule has 1 aromatic carbocycles. The molecule has 2 saturated heterocycles. The number of amides is 2. The van der Waals surface area contributed by atoms with Gasteiger partial charge in [0.15, 0.2) is 0 Å². The van der Waals surface area contributed by atoms with Crippen LogP contribution in [0.2, 0.25) is 0 Å². The van der Waals surface area contributed by atoms with E-state index in [1.807, 2.05) is 17.0 Å². The summed E-state index contributed by atoms with van der Waals surface area (Å²) in [7, 11) is -2.15. The zero-order valence-corrected chi connectivity index (χ0v) is 21.0. The molecule has 0 spiro atoms.